The number of hydrogen-bond donors (Lipinski definition) is 0. The second kappa shape index (κ2) is 11.2. The maximum absolute atomic E-state index is 6.15. The molecular weight excluding hydrogens is 425 g/mol. The van der Waals surface area contributed by atoms with E-state index < -0.39 is 0 Å². The molecule has 0 aromatic heterocycles. The van der Waals surface area contributed by atoms with E-state index in [1.165, 1.54) is 7.11 Å². The van der Waals surface area contributed by atoms with E-state index in [0.29, 0.717) is 46.2 Å². The van der Waals surface area contributed by atoms with E-state index in [0.717, 1.165) is 11.3 Å². The predicted octanol–water partition coefficient (Wildman–Crippen LogP) is 6.38. The van der Waals surface area contributed by atoms with Crippen LogP contribution in [0.2, 0.25) is 15.1 Å². The lowest BCUT2D eigenvalue weighted by molar-refractivity contribution is 0.176. The second-order valence-electron chi connectivity index (χ2n) is 5.97. The van der Waals surface area contributed by atoms with Crippen molar-refractivity contribution in [2.75, 3.05) is 14.2 Å². The van der Waals surface area contributed by atoms with Gasteiger partial charge in [0.1, 0.15) is 25.2 Å². The first-order valence-corrected chi connectivity index (χ1v) is 9.73. The summed E-state index contributed by atoms with van der Waals surface area (Å²) in [6, 6.07) is 10.8. The topological polar surface area (TPSA) is 49.3 Å². The number of benzene rings is 2. The molecule has 0 heterocycles. The number of hydrogen-bond acceptors (Lipinski definition) is 5. The molecule has 2 rings (SSSR count). The van der Waals surface area contributed by atoms with Gasteiger partial charge in [0.05, 0.1) is 28.3 Å². The average molecular weight is 447 g/mol. The minimum Gasteiger partial charge on any atom is -0.497 e. The number of ether oxygens (including phenoxy) is 3. The molecule has 8 heteroatoms. The fourth-order valence-corrected chi connectivity index (χ4v) is 2.91. The van der Waals surface area contributed by atoms with Crippen LogP contribution in [-0.4, -0.2) is 26.2 Å². The maximum atomic E-state index is 6.15. The first kappa shape index (κ1) is 22.5. The summed E-state index contributed by atoms with van der Waals surface area (Å²) >= 11 is 18.1. The highest BCUT2D eigenvalue weighted by Gasteiger charge is 2.13. The largest absolute Gasteiger partial charge is 0.497 e. The molecule has 0 aliphatic rings. The van der Waals surface area contributed by atoms with Gasteiger partial charge >= 0.3 is 0 Å². The van der Waals surface area contributed by atoms with Crippen LogP contribution in [0, 0.1) is 0 Å². The molecule has 1 atom stereocenters. The van der Waals surface area contributed by atoms with Gasteiger partial charge in [-0.05, 0) is 37.1 Å². The summed E-state index contributed by atoms with van der Waals surface area (Å²) in [7, 11) is 3.11. The van der Waals surface area contributed by atoms with E-state index in [-0.39, 0.29) is 6.10 Å². The molecule has 0 radical (unpaired) electrons. The van der Waals surface area contributed by atoms with Crippen molar-refractivity contribution in [1.82, 2.24) is 0 Å². The van der Waals surface area contributed by atoms with Crippen LogP contribution in [0.4, 0.5) is 0 Å². The Balaban J connectivity index is 1.88. The molecule has 0 saturated carbocycles. The minimum atomic E-state index is -0.151. The van der Waals surface area contributed by atoms with Crippen molar-refractivity contribution in [3.8, 4) is 11.5 Å². The van der Waals surface area contributed by atoms with Crippen molar-refractivity contribution in [2.45, 2.75) is 32.5 Å². The Morgan fingerprint density at radius 3 is 2.32 bits per heavy atom. The van der Waals surface area contributed by atoms with Gasteiger partial charge in [-0.15, -0.1) is 0 Å². The zero-order valence-corrected chi connectivity index (χ0v) is 18.1. The van der Waals surface area contributed by atoms with Crippen LogP contribution in [0.3, 0.4) is 0 Å². The van der Waals surface area contributed by atoms with Crippen LogP contribution >= 0.6 is 34.8 Å². The average Bonchev–Trinajstić information content (AvgIpc) is 2.68. The van der Waals surface area contributed by atoms with Crippen molar-refractivity contribution >= 4 is 40.7 Å². The highest BCUT2D eigenvalue weighted by molar-refractivity contribution is 6.43. The van der Waals surface area contributed by atoms with Crippen molar-refractivity contribution in [3.05, 3.63) is 57.0 Å². The van der Waals surface area contributed by atoms with E-state index in [1.807, 2.05) is 31.2 Å². The van der Waals surface area contributed by atoms with Gasteiger partial charge in [-0.25, -0.2) is 0 Å². The summed E-state index contributed by atoms with van der Waals surface area (Å²) in [6.07, 6.45) is 1.02. The van der Waals surface area contributed by atoms with E-state index in [9.17, 15) is 0 Å². The van der Waals surface area contributed by atoms with Crippen LogP contribution < -0.4 is 9.47 Å². The summed E-state index contributed by atoms with van der Waals surface area (Å²) in [5.41, 5.74) is 0.997. The highest BCUT2D eigenvalue weighted by Crippen LogP contribution is 2.34. The van der Waals surface area contributed by atoms with Gasteiger partial charge in [0.2, 0.25) is 5.90 Å². The molecule has 0 fully saturated rings. The second-order valence-corrected chi connectivity index (χ2v) is 7.19. The molecular formula is C20H22Cl3NO4. The van der Waals surface area contributed by atoms with Gasteiger partial charge in [0.25, 0.3) is 0 Å². The number of nitrogens with zero attached hydrogens (tertiary/aromatic N) is 1. The SMILES string of the molecule is CON=C(CCC(C)Oc1cc(Cl)c(Cl)cc1Cl)OCc1ccc(OC)cc1. The molecule has 0 bridgehead atoms. The molecule has 2 aromatic carbocycles. The highest BCUT2D eigenvalue weighted by atomic mass is 35.5. The van der Waals surface area contributed by atoms with E-state index >= 15 is 0 Å². The lowest BCUT2D eigenvalue weighted by Gasteiger charge is -2.17. The van der Waals surface area contributed by atoms with Crippen LogP contribution in [0.25, 0.3) is 0 Å². The van der Waals surface area contributed by atoms with Crippen LogP contribution in [0.15, 0.2) is 41.6 Å². The number of rotatable bonds is 9. The van der Waals surface area contributed by atoms with Crippen molar-refractivity contribution < 1.29 is 19.0 Å². The molecule has 2 aromatic rings. The van der Waals surface area contributed by atoms with Crippen molar-refractivity contribution in [3.63, 3.8) is 0 Å². The smallest absolute Gasteiger partial charge is 0.226 e. The molecule has 1 unspecified atom stereocenters. The maximum Gasteiger partial charge on any atom is 0.226 e. The number of methoxy groups -OCH3 is 1. The Bertz CT molecular complexity index is 797. The Kier molecular flexibility index (Phi) is 9.03. The molecule has 28 heavy (non-hydrogen) atoms. The number of oxime groups is 1. The van der Waals surface area contributed by atoms with Gasteiger partial charge in [-0.1, -0.05) is 52.1 Å². The first-order valence-electron chi connectivity index (χ1n) is 8.60. The van der Waals surface area contributed by atoms with Gasteiger partial charge in [-0.3, -0.25) is 0 Å². The lowest BCUT2D eigenvalue weighted by Crippen LogP contribution is -2.15. The zero-order valence-electron chi connectivity index (χ0n) is 15.9. The fraction of sp³-hybridized carbons (Fsp3) is 0.350. The third-order valence-electron chi connectivity index (χ3n) is 3.83. The lowest BCUT2D eigenvalue weighted by atomic mass is 10.2. The van der Waals surface area contributed by atoms with Crippen LogP contribution in [0.5, 0.6) is 11.5 Å². The third kappa shape index (κ3) is 6.97. The summed E-state index contributed by atoms with van der Waals surface area (Å²) < 4.78 is 16.8. The van der Waals surface area contributed by atoms with Crippen LogP contribution in [-0.2, 0) is 16.2 Å². The zero-order chi connectivity index (χ0) is 20.5. The van der Waals surface area contributed by atoms with Gasteiger partial charge in [-0.2, -0.15) is 0 Å². The van der Waals surface area contributed by atoms with E-state index in [1.54, 1.807) is 19.2 Å². The summed E-state index contributed by atoms with van der Waals surface area (Å²) in [5, 5.41) is 5.12. The Labute approximate surface area is 180 Å². The quantitative estimate of drug-likeness (QED) is 0.194. The van der Waals surface area contributed by atoms with Crippen molar-refractivity contribution in [1.29, 1.82) is 0 Å². The third-order valence-corrected chi connectivity index (χ3v) is 4.84. The number of halogens is 3. The monoisotopic (exact) mass is 445 g/mol. The summed E-state index contributed by atoms with van der Waals surface area (Å²) in [5.74, 6) is 1.75. The Morgan fingerprint density at radius 1 is 1.00 bits per heavy atom. The van der Waals surface area contributed by atoms with Crippen LogP contribution in [0.1, 0.15) is 25.3 Å². The minimum absolute atomic E-state index is 0.151. The summed E-state index contributed by atoms with van der Waals surface area (Å²) in [6.45, 7) is 2.30. The molecule has 0 saturated heterocycles. The standard InChI is InChI=1S/C20H22Cl3NO4/c1-13(28-19-11-17(22)16(21)10-18(19)23)4-9-20(24-26-3)27-12-14-5-7-15(25-2)8-6-14/h5-8,10-11,13H,4,9,12H2,1-3H3. The van der Waals surface area contributed by atoms with Crippen molar-refractivity contribution in [2.24, 2.45) is 5.16 Å². The van der Waals surface area contributed by atoms with E-state index in [2.05, 4.69) is 5.16 Å². The normalized spacial score (nSPS) is 12.4. The Morgan fingerprint density at radius 2 is 1.68 bits per heavy atom. The Hall–Kier alpha value is -1.82. The molecule has 0 aliphatic carbocycles. The van der Waals surface area contributed by atoms with Gasteiger partial charge in [0.15, 0.2) is 0 Å². The molecule has 0 amide bonds. The molecule has 0 N–H and O–H groups in total. The fourth-order valence-electron chi connectivity index (χ4n) is 2.33. The first-order chi connectivity index (χ1) is 13.4. The predicted molar refractivity (Wildman–Crippen MR) is 113 cm³/mol. The summed E-state index contributed by atoms with van der Waals surface area (Å²) in [4.78, 5) is 4.88. The molecule has 0 aliphatic heterocycles. The van der Waals surface area contributed by atoms with Gasteiger partial charge in [0, 0.05) is 12.5 Å². The molecule has 152 valence electrons. The van der Waals surface area contributed by atoms with E-state index in [4.69, 9.17) is 53.9 Å². The molecule has 0 spiro atoms. The van der Waals surface area contributed by atoms with Gasteiger partial charge < -0.3 is 19.0 Å². The molecule has 5 nitrogen and oxygen atoms in total.